The Morgan fingerprint density at radius 1 is 1.15 bits per heavy atom. The summed E-state index contributed by atoms with van der Waals surface area (Å²) >= 11 is 0. The molecule has 140 valence electrons. The van der Waals surface area contributed by atoms with Crippen LogP contribution < -0.4 is 10.1 Å². The van der Waals surface area contributed by atoms with Crippen LogP contribution in [0.25, 0.3) is 11.0 Å². The molecule has 0 aliphatic carbocycles. The number of anilines is 1. The van der Waals surface area contributed by atoms with Crippen molar-refractivity contribution in [1.29, 1.82) is 0 Å². The zero-order valence-corrected chi connectivity index (χ0v) is 14.3. The fourth-order valence-electron chi connectivity index (χ4n) is 2.46. The van der Waals surface area contributed by atoms with E-state index >= 15 is 0 Å². The maximum atomic E-state index is 13.5. The van der Waals surface area contributed by atoms with Crippen LogP contribution in [0.4, 0.5) is 14.5 Å². The molecule has 0 atom stereocenters. The molecule has 0 aliphatic heterocycles. The summed E-state index contributed by atoms with van der Waals surface area (Å²) in [5.41, 5.74) is 0.955. The summed E-state index contributed by atoms with van der Waals surface area (Å²) in [5, 5.41) is 2.93. The van der Waals surface area contributed by atoms with Gasteiger partial charge in [0.15, 0.2) is 6.61 Å². The molecule has 0 saturated carbocycles. The summed E-state index contributed by atoms with van der Waals surface area (Å²) < 4.78 is 41.7. The fraction of sp³-hybridized carbons (Fsp3) is 0.158. The van der Waals surface area contributed by atoms with Crippen molar-refractivity contribution in [3.05, 3.63) is 59.9 Å². The third kappa shape index (κ3) is 4.41. The zero-order valence-electron chi connectivity index (χ0n) is 14.3. The molecule has 27 heavy (non-hydrogen) atoms. The number of carbonyl (C=O) groups excluding carboxylic acids is 2. The number of amides is 1. The number of rotatable bonds is 6. The average molecular weight is 375 g/mol. The van der Waals surface area contributed by atoms with E-state index in [0.29, 0.717) is 23.0 Å². The van der Waals surface area contributed by atoms with E-state index in [1.54, 1.807) is 18.2 Å². The molecule has 1 N–H and O–H groups in total. The Morgan fingerprint density at radius 3 is 2.70 bits per heavy atom. The van der Waals surface area contributed by atoms with Crippen LogP contribution in [0.5, 0.6) is 5.75 Å². The van der Waals surface area contributed by atoms with Crippen LogP contribution >= 0.6 is 0 Å². The SMILES string of the molecule is COc1ccc2c(CC(=O)OCC(=O)Nc3ccc(F)cc3F)coc2c1. The van der Waals surface area contributed by atoms with E-state index in [0.717, 1.165) is 17.5 Å². The van der Waals surface area contributed by atoms with Crippen molar-refractivity contribution < 1.29 is 32.3 Å². The Bertz CT molecular complexity index is 999. The highest BCUT2D eigenvalue weighted by molar-refractivity contribution is 5.93. The number of furan rings is 1. The van der Waals surface area contributed by atoms with Gasteiger partial charge < -0.3 is 19.2 Å². The number of esters is 1. The van der Waals surface area contributed by atoms with E-state index in [1.807, 2.05) is 0 Å². The summed E-state index contributed by atoms with van der Waals surface area (Å²) in [6, 6.07) is 7.90. The Kier molecular flexibility index (Phi) is 5.35. The van der Waals surface area contributed by atoms with Crippen molar-refractivity contribution in [3.8, 4) is 5.75 Å². The third-order valence-corrected chi connectivity index (χ3v) is 3.77. The van der Waals surface area contributed by atoms with Crippen molar-refractivity contribution in [2.75, 3.05) is 19.0 Å². The molecule has 0 aliphatic rings. The molecule has 0 unspecified atom stereocenters. The van der Waals surface area contributed by atoms with Gasteiger partial charge in [0.05, 0.1) is 25.5 Å². The first-order valence-corrected chi connectivity index (χ1v) is 7.91. The summed E-state index contributed by atoms with van der Waals surface area (Å²) in [6.07, 6.45) is 1.33. The summed E-state index contributed by atoms with van der Waals surface area (Å²) in [7, 11) is 1.53. The molecule has 1 aromatic heterocycles. The predicted octanol–water partition coefficient (Wildman–Crippen LogP) is 3.44. The number of carbonyl (C=O) groups is 2. The highest BCUT2D eigenvalue weighted by Crippen LogP contribution is 2.26. The molecule has 0 spiro atoms. The van der Waals surface area contributed by atoms with Gasteiger partial charge >= 0.3 is 5.97 Å². The Balaban J connectivity index is 1.56. The Hall–Kier alpha value is -3.42. The minimum Gasteiger partial charge on any atom is -0.497 e. The van der Waals surface area contributed by atoms with Gasteiger partial charge in [0, 0.05) is 23.1 Å². The van der Waals surface area contributed by atoms with E-state index in [1.165, 1.54) is 13.4 Å². The van der Waals surface area contributed by atoms with Crippen LogP contribution in [-0.2, 0) is 20.7 Å². The molecular weight excluding hydrogens is 360 g/mol. The number of methoxy groups -OCH3 is 1. The lowest BCUT2D eigenvalue weighted by molar-refractivity contribution is -0.146. The molecule has 0 bridgehead atoms. The molecule has 2 aromatic carbocycles. The minimum atomic E-state index is -0.921. The molecule has 1 amide bonds. The second kappa shape index (κ2) is 7.86. The third-order valence-electron chi connectivity index (χ3n) is 3.77. The summed E-state index contributed by atoms with van der Waals surface area (Å²) in [6.45, 7) is -0.598. The number of hydrogen-bond donors (Lipinski definition) is 1. The van der Waals surface area contributed by atoms with Gasteiger partial charge in [-0.3, -0.25) is 9.59 Å². The standard InChI is InChI=1S/C19H15F2NO5/c1-25-13-3-4-14-11(9-26-17(14)8-13)6-19(24)27-10-18(23)22-16-5-2-12(20)7-15(16)21/h2-5,7-9H,6,10H2,1H3,(H,22,23). The van der Waals surface area contributed by atoms with Crippen LogP contribution in [0.2, 0.25) is 0 Å². The quantitative estimate of drug-likeness (QED) is 0.668. The van der Waals surface area contributed by atoms with Crippen molar-refractivity contribution in [3.63, 3.8) is 0 Å². The number of halogens is 2. The van der Waals surface area contributed by atoms with Crippen molar-refractivity contribution in [2.45, 2.75) is 6.42 Å². The normalized spacial score (nSPS) is 10.6. The van der Waals surface area contributed by atoms with Crippen LogP contribution in [0.15, 0.2) is 47.1 Å². The van der Waals surface area contributed by atoms with Gasteiger partial charge in [-0.25, -0.2) is 8.78 Å². The van der Waals surface area contributed by atoms with Crippen molar-refractivity contribution in [1.82, 2.24) is 0 Å². The lowest BCUT2D eigenvalue weighted by atomic mass is 10.1. The fourth-order valence-corrected chi connectivity index (χ4v) is 2.46. The Labute approximate surface area is 152 Å². The van der Waals surface area contributed by atoms with Crippen molar-refractivity contribution in [2.24, 2.45) is 0 Å². The maximum absolute atomic E-state index is 13.5. The van der Waals surface area contributed by atoms with E-state index in [-0.39, 0.29) is 12.1 Å². The van der Waals surface area contributed by atoms with Gasteiger partial charge in [-0.05, 0) is 24.3 Å². The van der Waals surface area contributed by atoms with Crippen molar-refractivity contribution >= 4 is 28.5 Å². The van der Waals surface area contributed by atoms with Gasteiger partial charge in [0.25, 0.3) is 5.91 Å². The summed E-state index contributed by atoms with van der Waals surface area (Å²) in [5.74, 6) is -2.45. The van der Waals surface area contributed by atoms with Crippen LogP contribution in [0.1, 0.15) is 5.56 Å². The number of nitrogens with one attached hydrogen (secondary N) is 1. The predicted molar refractivity (Wildman–Crippen MR) is 92.4 cm³/mol. The van der Waals surface area contributed by atoms with E-state index in [9.17, 15) is 18.4 Å². The summed E-state index contributed by atoms with van der Waals surface area (Å²) in [4.78, 5) is 23.7. The molecule has 3 rings (SSSR count). The highest BCUT2D eigenvalue weighted by atomic mass is 19.1. The number of ether oxygens (including phenoxy) is 2. The smallest absolute Gasteiger partial charge is 0.310 e. The molecule has 1 heterocycles. The Morgan fingerprint density at radius 2 is 1.96 bits per heavy atom. The largest absolute Gasteiger partial charge is 0.497 e. The zero-order chi connectivity index (χ0) is 19.4. The maximum Gasteiger partial charge on any atom is 0.310 e. The van der Waals surface area contributed by atoms with E-state index in [4.69, 9.17) is 13.9 Å². The first-order chi connectivity index (χ1) is 13.0. The number of hydrogen-bond acceptors (Lipinski definition) is 5. The van der Waals surface area contributed by atoms with Crippen LogP contribution in [0.3, 0.4) is 0 Å². The molecule has 0 fully saturated rings. The second-order valence-electron chi connectivity index (χ2n) is 5.63. The molecule has 0 radical (unpaired) electrons. The minimum absolute atomic E-state index is 0.0997. The molecule has 8 heteroatoms. The lowest BCUT2D eigenvalue weighted by Gasteiger charge is -2.07. The van der Waals surface area contributed by atoms with Gasteiger partial charge in [0.2, 0.25) is 0 Å². The lowest BCUT2D eigenvalue weighted by Crippen LogP contribution is -2.22. The number of fused-ring (bicyclic) bond motifs is 1. The molecule has 0 saturated heterocycles. The monoisotopic (exact) mass is 375 g/mol. The van der Waals surface area contributed by atoms with Gasteiger partial charge in [-0.15, -0.1) is 0 Å². The number of benzene rings is 2. The molecular formula is C19H15F2NO5. The second-order valence-corrected chi connectivity index (χ2v) is 5.63. The van der Waals surface area contributed by atoms with Gasteiger partial charge in [-0.2, -0.15) is 0 Å². The highest BCUT2D eigenvalue weighted by Gasteiger charge is 2.14. The van der Waals surface area contributed by atoms with Crippen LogP contribution in [-0.4, -0.2) is 25.6 Å². The van der Waals surface area contributed by atoms with Crippen LogP contribution in [0, 0.1) is 11.6 Å². The molecule has 6 nitrogen and oxygen atoms in total. The van der Waals surface area contributed by atoms with Gasteiger partial charge in [-0.1, -0.05) is 0 Å². The van der Waals surface area contributed by atoms with E-state index in [2.05, 4.69) is 5.32 Å². The van der Waals surface area contributed by atoms with E-state index < -0.39 is 30.1 Å². The topological polar surface area (TPSA) is 77.8 Å². The first-order valence-electron chi connectivity index (χ1n) is 7.91. The average Bonchev–Trinajstić information content (AvgIpc) is 3.04. The van der Waals surface area contributed by atoms with Gasteiger partial charge in [0.1, 0.15) is 23.0 Å². The first kappa shape index (κ1) is 18.4. The molecule has 3 aromatic rings.